The summed E-state index contributed by atoms with van der Waals surface area (Å²) in [5, 5.41) is 10.1. The van der Waals surface area contributed by atoms with Crippen LogP contribution in [0, 0.1) is 6.92 Å². The van der Waals surface area contributed by atoms with E-state index < -0.39 is 0 Å². The molecule has 2 amide bonds. The van der Waals surface area contributed by atoms with Gasteiger partial charge in [-0.1, -0.05) is 35.9 Å². The molecule has 0 saturated heterocycles. The molecule has 4 aromatic rings. The zero-order chi connectivity index (χ0) is 23.2. The van der Waals surface area contributed by atoms with Crippen LogP contribution in [0.1, 0.15) is 40.1 Å². The molecular formula is C25H24N6O2. The van der Waals surface area contributed by atoms with Crippen molar-refractivity contribution in [3.8, 4) is 5.69 Å². The van der Waals surface area contributed by atoms with Gasteiger partial charge in [-0.25, -0.2) is 14.6 Å². The molecule has 8 nitrogen and oxygen atoms in total. The molecule has 0 aliphatic heterocycles. The summed E-state index contributed by atoms with van der Waals surface area (Å²) < 4.78 is 1.62. The van der Waals surface area contributed by atoms with E-state index in [1.807, 2.05) is 44.2 Å². The van der Waals surface area contributed by atoms with Crippen LogP contribution in [-0.4, -0.2) is 31.6 Å². The molecular weight excluding hydrogens is 416 g/mol. The molecule has 0 unspecified atom stereocenters. The molecule has 0 aliphatic carbocycles. The number of aryl methyl sites for hydroxylation is 1. The van der Waals surface area contributed by atoms with Crippen molar-refractivity contribution in [2.24, 2.45) is 0 Å². The van der Waals surface area contributed by atoms with E-state index in [4.69, 9.17) is 0 Å². The van der Waals surface area contributed by atoms with Crippen LogP contribution in [0.15, 0.2) is 79.5 Å². The molecule has 2 N–H and O–H groups in total. The molecule has 2 aromatic carbocycles. The summed E-state index contributed by atoms with van der Waals surface area (Å²) in [5.41, 5.74) is 4.58. The normalized spacial score (nSPS) is 11.6. The monoisotopic (exact) mass is 440 g/mol. The SMILES string of the molecule is Cc1cccc(CC(=O)Nc2cnn(-c3cccc(C(=O)N[C@@H](C)c4ccncn4)c3)c2)c1. The predicted octanol–water partition coefficient (Wildman–Crippen LogP) is 3.64. The maximum atomic E-state index is 12.7. The topological polar surface area (TPSA) is 102 Å². The smallest absolute Gasteiger partial charge is 0.251 e. The number of rotatable bonds is 7. The number of nitrogens with one attached hydrogen (secondary N) is 2. The van der Waals surface area contributed by atoms with Crippen LogP contribution in [0.3, 0.4) is 0 Å². The Kier molecular flexibility index (Phi) is 6.54. The first-order valence-electron chi connectivity index (χ1n) is 10.6. The maximum Gasteiger partial charge on any atom is 0.251 e. The highest BCUT2D eigenvalue weighted by Gasteiger charge is 2.14. The van der Waals surface area contributed by atoms with Crippen molar-refractivity contribution in [1.82, 2.24) is 25.1 Å². The van der Waals surface area contributed by atoms with Gasteiger partial charge in [0.05, 0.1) is 41.9 Å². The summed E-state index contributed by atoms with van der Waals surface area (Å²) >= 11 is 0. The molecule has 0 aliphatic rings. The van der Waals surface area contributed by atoms with Gasteiger partial charge in [0.15, 0.2) is 0 Å². The van der Waals surface area contributed by atoms with Crippen molar-refractivity contribution in [2.45, 2.75) is 26.3 Å². The fourth-order valence-corrected chi connectivity index (χ4v) is 3.44. The van der Waals surface area contributed by atoms with Gasteiger partial charge in [-0.2, -0.15) is 5.10 Å². The van der Waals surface area contributed by atoms with Crippen LogP contribution in [-0.2, 0) is 11.2 Å². The van der Waals surface area contributed by atoms with Crippen LogP contribution >= 0.6 is 0 Å². The second kappa shape index (κ2) is 9.86. The Labute approximate surface area is 191 Å². The number of amides is 2. The van der Waals surface area contributed by atoms with Gasteiger partial charge in [0.2, 0.25) is 5.91 Å². The Morgan fingerprint density at radius 2 is 1.94 bits per heavy atom. The number of aromatic nitrogens is 4. The standard InChI is InChI=1S/C25H24N6O2/c1-17-5-3-6-19(11-17)12-24(32)30-21-14-28-31(15-21)22-8-4-7-20(13-22)25(33)29-18(2)23-9-10-26-16-27-23/h3-11,13-16,18H,12H2,1-2H3,(H,29,33)(H,30,32)/t18-/m0/s1. The maximum absolute atomic E-state index is 12.7. The van der Waals surface area contributed by atoms with Crippen molar-refractivity contribution in [3.05, 3.63) is 102 Å². The molecule has 0 spiro atoms. The molecule has 8 heteroatoms. The van der Waals surface area contributed by atoms with Crippen molar-refractivity contribution in [2.75, 3.05) is 5.32 Å². The van der Waals surface area contributed by atoms with Gasteiger partial charge in [0, 0.05) is 11.8 Å². The summed E-state index contributed by atoms with van der Waals surface area (Å²) in [5.74, 6) is -0.339. The minimum absolute atomic E-state index is 0.119. The van der Waals surface area contributed by atoms with Gasteiger partial charge in [-0.3, -0.25) is 9.59 Å². The van der Waals surface area contributed by atoms with Gasteiger partial charge in [0.1, 0.15) is 6.33 Å². The van der Waals surface area contributed by atoms with Crippen LogP contribution < -0.4 is 10.6 Å². The van der Waals surface area contributed by atoms with Gasteiger partial charge in [-0.05, 0) is 43.7 Å². The minimum Gasteiger partial charge on any atom is -0.344 e. The largest absolute Gasteiger partial charge is 0.344 e. The lowest BCUT2D eigenvalue weighted by molar-refractivity contribution is -0.115. The fourth-order valence-electron chi connectivity index (χ4n) is 3.44. The minimum atomic E-state index is -0.260. The third-order valence-electron chi connectivity index (χ3n) is 5.08. The first-order valence-corrected chi connectivity index (χ1v) is 10.6. The highest BCUT2D eigenvalue weighted by atomic mass is 16.2. The first-order chi connectivity index (χ1) is 16.0. The molecule has 0 fully saturated rings. The van der Waals surface area contributed by atoms with Crippen molar-refractivity contribution in [3.63, 3.8) is 0 Å². The first kappa shape index (κ1) is 21.9. The number of carbonyl (C=O) groups is 2. The van der Waals surface area contributed by atoms with E-state index in [1.165, 1.54) is 6.33 Å². The molecule has 166 valence electrons. The molecule has 2 aromatic heterocycles. The highest BCUT2D eigenvalue weighted by molar-refractivity contribution is 5.95. The van der Waals surface area contributed by atoms with E-state index in [0.717, 1.165) is 16.8 Å². The van der Waals surface area contributed by atoms with E-state index in [1.54, 1.807) is 47.5 Å². The Morgan fingerprint density at radius 1 is 1.09 bits per heavy atom. The van der Waals surface area contributed by atoms with E-state index in [-0.39, 0.29) is 24.3 Å². The summed E-state index contributed by atoms with van der Waals surface area (Å²) in [6, 6.07) is 16.5. The Morgan fingerprint density at radius 3 is 2.73 bits per heavy atom. The van der Waals surface area contributed by atoms with Crippen LogP contribution in [0.4, 0.5) is 5.69 Å². The molecule has 33 heavy (non-hydrogen) atoms. The second-order valence-electron chi connectivity index (χ2n) is 7.77. The Balaban J connectivity index is 1.41. The quantitative estimate of drug-likeness (QED) is 0.457. The summed E-state index contributed by atoms with van der Waals surface area (Å²) in [7, 11) is 0. The van der Waals surface area contributed by atoms with Crippen LogP contribution in [0.25, 0.3) is 5.69 Å². The predicted molar refractivity (Wildman–Crippen MR) is 125 cm³/mol. The van der Waals surface area contributed by atoms with Gasteiger partial charge < -0.3 is 10.6 Å². The molecule has 1 atom stereocenters. The average molecular weight is 441 g/mol. The van der Waals surface area contributed by atoms with E-state index in [0.29, 0.717) is 16.9 Å². The number of anilines is 1. The van der Waals surface area contributed by atoms with Crippen LogP contribution in [0.2, 0.25) is 0 Å². The fraction of sp³-hybridized carbons (Fsp3) is 0.160. The van der Waals surface area contributed by atoms with Gasteiger partial charge in [-0.15, -0.1) is 0 Å². The van der Waals surface area contributed by atoms with Crippen molar-refractivity contribution in [1.29, 1.82) is 0 Å². The zero-order valence-corrected chi connectivity index (χ0v) is 18.4. The van der Waals surface area contributed by atoms with Gasteiger partial charge in [0.25, 0.3) is 5.91 Å². The average Bonchev–Trinajstić information content (AvgIpc) is 3.28. The zero-order valence-electron chi connectivity index (χ0n) is 18.4. The summed E-state index contributed by atoms with van der Waals surface area (Å²) in [6.45, 7) is 3.86. The second-order valence-corrected chi connectivity index (χ2v) is 7.77. The number of carbonyl (C=O) groups excluding carboxylic acids is 2. The Bertz CT molecular complexity index is 1270. The number of benzene rings is 2. The van der Waals surface area contributed by atoms with Gasteiger partial charge >= 0.3 is 0 Å². The van der Waals surface area contributed by atoms with E-state index >= 15 is 0 Å². The molecule has 0 saturated carbocycles. The lowest BCUT2D eigenvalue weighted by Gasteiger charge is -2.13. The third kappa shape index (κ3) is 5.68. The lowest BCUT2D eigenvalue weighted by Crippen LogP contribution is -2.27. The van der Waals surface area contributed by atoms with Crippen molar-refractivity contribution < 1.29 is 9.59 Å². The number of hydrogen-bond acceptors (Lipinski definition) is 5. The van der Waals surface area contributed by atoms with E-state index in [2.05, 4.69) is 25.7 Å². The lowest BCUT2D eigenvalue weighted by atomic mass is 10.1. The Hall–Kier alpha value is -4.33. The molecule has 4 rings (SSSR count). The third-order valence-corrected chi connectivity index (χ3v) is 5.08. The highest BCUT2D eigenvalue weighted by Crippen LogP contribution is 2.16. The summed E-state index contributed by atoms with van der Waals surface area (Å²) in [4.78, 5) is 33.2. The number of nitrogens with zero attached hydrogens (tertiary/aromatic N) is 4. The summed E-state index contributed by atoms with van der Waals surface area (Å²) in [6.07, 6.45) is 6.67. The van der Waals surface area contributed by atoms with Crippen LogP contribution in [0.5, 0.6) is 0 Å². The molecule has 0 radical (unpaired) electrons. The number of hydrogen-bond donors (Lipinski definition) is 2. The molecule has 0 bridgehead atoms. The van der Waals surface area contributed by atoms with Crippen molar-refractivity contribution >= 4 is 17.5 Å². The molecule has 2 heterocycles. The van der Waals surface area contributed by atoms with E-state index in [9.17, 15) is 9.59 Å².